The van der Waals surface area contributed by atoms with E-state index in [1.807, 2.05) is 0 Å². The Morgan fingerprint density at radius 3 is 1.13 bits per heavy atom. The summed E-state index contributed by atoms with van der Waals surface area (Å²) >= 11 is 0. The van der Waals surface area contributed by atoms with Crippen molar-refractivity contribution >= 4 is 45.5 Å². The summed E-state index contributed by atoms with van der Waals surface area (Å²) in [4.78, 5) is 7.42. The fourth-order valence-electron chi connectivity index (χ4n) is 8.53. The van der Waals surface area contributed by atoms with Gasteiger partial charge in [-0.1, -0.05) is 171 Å². The number of benzene rings is 8. The molecule has 0 amide bonds. The number of hydrogen-bond donors (Lipinski definition) is 0. The number of anilines is 8. The molecule has 61 heavy (non-hydrogen) atoms. The standard InChI is InChI=1S/C58H53N3/c1-5-6-7-8-24-41-59(51-33-18-11-19-34-51)56-44(2)57(60(52-35-20-12-21-36-52)53-37-22-13-23-38-53)46(4)58(45(56)3)61(54-39-25-31-49(42-54)47-27-14-9-15-28-47)55-40-26-32-50(43-55)48-29-16-10-17-30-48/h6-40,42-43H,5,41H2,1-4H3/b7-6-,24-8-. The van der Waals surface area contributed by atoms with Gasteiger partial charge in [-0.3, -0.25) is 0 Å². The minimum atomic E-state index is 0.686. The minimum absolute atomic E-state index is 0.686. The van der Waals surface area contributed by atoms with Gasteiger partial charge in [0.2, 0.25) is 0 Å². The first-order valence-corrected chi connectivity index (χ1v) is 21.3. The predicted octanol–water partition coefficient (Wildman–Crippen LogP) is 16.5. The van der Waals surface area contributed by atoms with Gasteiger partial charge >= 0.3 is 0 Å². The second kappa shape index (κ2) is 19.1. The summed E-state index contributed by atoms with van der Waals surface area (Å²) in [6.07, 6.45) is 9.80. The average molecular weight is 792 g/mol. The van der Waals surface area contributed by atoms with Crippen molar-refractivity contribution in [1.82, 2.24) is 0 Å². The average Bonchev–Trinajstić information content (AvgIpc) is 3.32. The van der Waals surface area contributed by atoms with E-state index in [2.05, 4.69) is 267 Å². The molecule has 0 aliphatic rings. The SMILES string of the molecule is CC/C=C\C=C/CN(c1ccccc1)c1c(C)c(N(c2ccccc2)c2ccccc2)c(C)c(N(c2cccc(-c3ccccc3)c2)c2cccc(-c3ccccc3)c2)c1C. The predicted molar refractivity (Wildman–Crippen MR) is 263 cm³/mol. The lowest BCUT2D eigenvalue weighted by atomic mass is 9.93. The number of para-hydroxylation sites is 3. The first-order valence-electron chi connectivity index (χ1n) is 21.3. The first-order chi connectivity index (χ1) is 30.0. The fraction of sp³-hybridized carbons (Fsp3) is 0.103. The molecular formula is C58H53N3. The van der Waals surface area contributed by atoms with Gasteiger partial charge < -0.3 is 14.7 Å². The van der Waals surface area contributed by atoms with Crippen LogP contribution in [0.3, 0.4) is 0 Å². The van der Waals surface area contributed by atoms with Crippen LogP contribution >= 0.6 is 0 Å². The van der Waals surface area contributed by atoms with Gasteiger partial charge in [0.25, 0.3) is 0 Å². The second-order valence-corrected chi connectivity index (χ2v) is 15.3. The van der Waals surface area contributed by atoms with Crippen molar-refractivity contribution in [3.05, 3.63) is 241 Å². The summed E-state index contributed by atoms with van der Waals surface area (Å²) in [5.74, 6) is 0. The summed E-state index contributed by atoms with van der Waals surface area (Å²) in [5.41, 5.74) is 17.2. The van der Waals surface area contributed by atoms with Gasteiger partial charge in [-0.15, -0.1) is 0 Å². The van der Waals surface area contributed by atoms with Crippen molar-refractivity contribution in [2.45, 2.75) is 34.1 Å². The van der Waals surface area contributed by atoms with Gasteiger partial charge in [0.15, 0.2) is 0 Å². The van der Waals surface area contributed by atoms with Crippen LogP contribution in [-0.4, -0.2) is 6.54 Å². The zero-order chi connectivity index (χ0) is 42.0. The molecule has 0 aromatic heterocycles. The molecule has 0 spiro atoms. The maximum atomic E-state index is 2.49. The van der Waals surface area contributed by atoms with Gasteiger partial charge in [-0.2, -0.15) is 0 Å². The summed E-state index contributed by atoms with van der Waals surface area (Å²) in [5, 5.41) is 0. The molecule has 8 rings (SSSR count). The van der Waals surface area contributed by atoms with E-state index in [0.717, 1.165) is 57.4 Å². The summed E-state index contributed by atoms with van der Waals surface area (Å²) in [6, 6.07) is 71.8. The Bertz CT molecular complexity index is 2600. The summed E-state index contributed by atoms with van der Waals surface area (Å²) in [7, 11) is 0. The highest BCUT2D eigenvalue weighted by molar-refractivity contribution is 5.96. The third-order valence-electron chi connectivity index (χ3n) is 11.3. The quantitative estimate of drug-likeness (QED) is 0.102. The molecule has 0 aliphatic heterocycles. The lowest BCUT2D eigenvalue weighted by Crippen LogP contribution is -2.24. The molecule has 8 aromatic rings. The van der Waals surface area contributed by atoms with Crippen LogP contribution in [0, 0.1) is 20.8 Å². The van der Waals surface area contributed by atoms with Gasteiger partial charge in [-0.05, 0) is 127 Å². The smallest absolute Gasteiger partial charge is 0.0561 e. The fourth-order valence-corrected chi connectivity index (χ4v) is 8.53. The number of nitrogens with zero attached hydrogens (tertiary/aromatic N) is 3. The van der Waals surface area contributed by atoms with Crippen molar-refractivity contribution < 1.29 is 0 Å². The molecular weight excluding hydrogens is 739 g/mol. The molecule has 0 fully saturated rings. The van der Waals surface area contributed by atoms with Crippen molar-refractivity contribution in [3.8, 4) is 22.3 Å². The van der Waals surface area contributed by atoms with Crippen LogP contribution in [0.1, 0.15) is 30.0 Å². The molecule has 0 radical (unpaired) electrons. The Morgan fingerprint density at radius 2 is 0.689 bits per heavy atom. The van der Waals surface area contributed by atoms with E-state index in [1.54, 1.807) is 0 Å². The normalized spacial score (nSPS) is 11.3. The van der Waals surface area contributed by atoms with E-state index in [1.165, 1.54) is 33.5 Å². The van der Waals surface area contributed by atoms with Crippen LogP contribution in [0.5, 0.6) is 0 Å². The van der Waals surface area contributed by atoms with E-state index in [0.29, 0.717) is 6.54 Å². The maximum absolute atomic E-state index is 2.49. The van der Waals surface area contributed by atoms with Gasteiger partial charge in [0, 0.05) is 35.0 Å². The lowest BCUT2D eigenvalue weighted by Gasteiger charge is -2.38. The third kappa shape index (κ3) is 8.83. The molecule has 8 aromatic carbocycles. The Balaban J connectivity index is 1.48. The topological polar surface area (TPSA) is 9.72 Å². The number of hydrogen-bond acceptors (Lipinski definition) is 3. The largest absolute Gasteiger partial charge is 0.337 e. The zero-order valence-electron chi connectivity index (χ0n) is 35.6. The number of rotatable bonds is 14. The van der Waals surface area contributed by atoms with Crippen LogP contribution in [0.2, 0.25) is 0 Å². The van der Waals surface area contributed by atoms with E-state index < -0.39 is 0 Å². The van der Waals surface area contributed by atoms with Crippen LogP contribution in [0.4, 0.5) is 45.5 Å². The van der Waals surface area contributed by atoms with E-state index >= 15 is 0 Å². The van der Waals surface area contributed by atoms with Crippen LogP contribution in [0.25, 0.3) is 22.3 Å². The highest BCUT2D eigenvalue weighted by Gasteiger charge is 2.30. The van der Waals surface area contributed by atoms with Gasteiger partial charge in [-0.25, -0.2) is 0 Å². The van der Waals surface area contributed by atoms with Gasteiger partial charge in [0.1, 0.15) is 0 Å². The van der Waals surface area contributed by atoms with E-state index in [9.17, 15) is 0 Å². The molecule has 0 bridgehead atoms. The van der Waals surface area contributed by atoms with E-state index in [4.69, 9.17) is 0 Å². The van der Waals surface area contributed by atoms with Gasteiger partial charge in [0.05, 0.1) is 17.1 Å². The zero-order valence-corrected chi connectivity index (χ0v) is 35.6. The van der Waals surface area contributed by atoms with E-state index in [-0.39, 0.29) is 0 Å². The second-order valence-electron chi connectivity index (χ2n) is 15.3. The summed E-state index contributed by atoms with van der Waals surface area (Å²) < 4.78 is 0. The molecule has 0 saturated carbocycles. The van der Waals surface area contributed by atoms with Crippen LogP contribution in [-0.2, 0) is 0 Å². The third-order valence-corrected chi connectivity index (χ3v) is 11.3. The maximum Gasteiger partial charge on any atom is 0.0561 e. The van der Waals surface area contributed by atoms with Crippen molar-refractivity contribution in [3.63, 3.8) is 0 Å². The molecule has 0 heterocycles. The van der Waals surface area contributed by atoms with Crippen LogP contribution in [0.15, 0.2) is 224 Å². The highest BCUT2D eigenvalue weighted by atomic mass is 15.2. The molecule has 0 N–H and O–H groups in total. The Hall–Kier alpha value is -7.36. The first kappa shape index (κ1) is 40.4. The molecule has 3 nitrogen and oxygen atoms in total. The van der Waals surface area contributed by atoms with Crippen molar-refractivity contribution in [1.29, 1.82) is 0 Å². The van der Waals surface area contributed by atoms with Crippen molar-refractivity contribution in [2.24, 2.45) is 0 Å². The van der Waals surface area contributed by atoms with Crippen molar-refractivity contribution in [2.75, 3.05) is 21.2 Å². The Labute approximate surface area is 362 Å². The van der Waals surface area contributed by atoms with Crippen LogP contribution < -0.4 is 14.7 Å². The summed E-state index contributed by atoms with van der Waals surface area (Å²) in [6.45, 7) is 9.79. The molecule has 0 unspecified atom stereocenters. The molecule has 0 atom stereocenters. The Kier molecular flexibility index (Phi) is 12.7. The molecule has 300 valence electrons. The highest BCUT2D eigenvalue weighted by Crippen LogP contribution is 2.52. The monoisotopic (exact) mass is 791 g/mol. The Morgan fingerprint density at radius 1 is 0.344 bits per heavy atom. The molecule has 3 heteroatoms. The number of allylic oxidation sites excluding steroid dienone is 3. The molecule has 0 saturated heterocycles. The lowest BCUT2D eigenvalue weighted by molar-refractivity contribution is 1.05. The molecule has 0 aliphatic carbocycles. The minimum Gasteiger partial charge on any atom is -0.337 e.